The highest BCUT2D eigenvalue weighted by Gasteiger charge is 2.27. The molecule has 0 amide bonds. The van der Waals surface area contributed by atoms with Crippen LogP contribution in [-0.2, 0) is 0 Å². The van der Waals surface area contributed by atoms with Gasteiger partial charge >= 0.3 is 0 Å². The van der Waals surface area contributed by atoms with Crippen molar-refractivity contribution in [3.8, 4) is 0 Å². The number of piperidine rings is 1. The Labute approximate surface area is 114 Å². The molecule has 3 rings (SSSR count). The Balaban J connectivity index is 1.62. The molecule has 100 valence electrons. The molecule has 0 saturated carbocycles. The van der Waals surface area contributed by atoms with Crippen LogP contribution in [0.3, 0.4) is 0 Å². The Kier molecular flexibility index (Phi) is 3.60. The molecule has 1 aromatic heterocycles. The molecule has 0 N–H and O–H groups in total. The quantitative estimate of drug-likeness (QED) is 0.778. The second-order valence-electron chi connectivity index (χ2n) is 5.21. The third kappa shape index (κ3) is 2.54. The van der Waals surface area contributed by atoms with Gasteiger partial charge in [0.05, 0.1) is 18.1 Å². The number of nitrogens with zero attached hydrogens (tertiary/aromatic N) is 4. The molecular formula is C15H20N4. The van der Waals surface area contributed by atoms with E-state index in [2.05, 4.69) is 50.6 Å². The van der Waals surface area contributed by atoms with E-state index in [9.17, 15) is 0 Å². The average Bonchev–Trinajstić information content (AvgIpc) is 3.02. The first kappa shape index (κ1) is 12.4. The third-order valence-electron chi connectivity index (χ3n) is 4.17. The van der Waals surface area contributed by atoms with Gasteiger partial charge in [0.2, 0.25) is 0 Å². The molecule has 2 aliphatic rings. The number of rotatable bonds is 3. The maximum absolute atomic E-state index is 4.18. The fourth-order valence-corrected chi connectivity index (χ4v) is 3.08. The van der Waals surface area contributed by atoms with Crippen LogP contribution < -0.4 is 0 Å². The van der Waals surface area contributed by atoms with Crippen LogP contribution in [-0.4, -0.2) is 40.3 Å². The first-order chi connectivity index (χ1) is 9.38. The second kappa shape index (κ2) is 5.53. The van der Waals surface area contributed by atoms with Gasteiger partial charge < -0.3 is 4.57 Å². The van der Waals surface area contributed by atoms with Crippen molar-refractivity contribution in [1.82, 2.24) is 14.5 Å². The molecule has 1 saturated heterocycles. The number of hydrogen-bond donors (Lipinski definition) is 0. The number of hydrogen-bond acceptors (Lipinski definition) is 3. The fraction of sp³-hybridized carbons (Fsp3) is 0.467. The summed E-state index contributed by atoms with van der Waals surface area (Å²) in [6.07, 6.45) is 15.7. The number of aliphatic imine (C=N–C) groups is 1. The maximum Gasteiger partial charge on any atom is 0.0948 e. The van der Waals surface area contributed by atoms with E-state index in [1.54, 1.807) is 0 Å². The zero-order valence-electron chi connectivity index (χ0n) is 11.2. The second-order valence-corrected chi connectivity index (χ2v) is 5.21. The van der Waals surface area contributed by atoms with Gasteiger partial charge in [0.1, 0.15) is 0 Å². The van der Waals surface area contributed by atoms with Crippen molar-refractivity contribution >= 4 is 6.72 Å². The first-order valence-electron chi connectivity index (χ1n) is 6.93. The summed E-state index contributed by atoms with van der Waals surface area (Å²) in [5, 5.41) is 0. The number of likely N-dealkylation sites (tertiary alicyclic amines) is 1. The predicted molar refractivity (Wildman–Crippen MR) is 77.2 cm³/mol. The van der Waals surface area contributed by atoms with E-state index in [-0.39, 0.29) is 0 Å². The minimum absolute atomic E-state index is 0.422. The van der Waals surface area contributed by atoms with E-state index in [0.29, 0.717) is 12.1 Å². The van der Waals surface area contributed by atoms with Gasteiger partial charge in [-0.25, -0.2) is 4.98 Å². The minimum Gasteiger partial charge on any atom is -0.334 e. The zero-order chi connectivity index (χ0) is 13.1. The van der Waals surface area contributed by atoms with Gasteiger partial charge in [0.25, 0.3) is 0 Å². The van der Waals surface area contributed by atoms with Crippen molar-refractivity contribution in [3.63, 3.8) is 0 Å². The van der Waals surface area contributed by atoms with Crippen molar-refractivity contribution in [2.45, 2.75) is 31.3 Å². The van der Waals surface area contributed by atoms with E-state index < -0.39 is 0 Å². The summed E-state index contributed by atoms with van der Waals surface area (Å²) in [7, 11) is 0. The lowest BCUT2D eigenvalue weighted by molar-refractivity contribution is 0.150. The lowest BCUT2D eigenvalue weighted by Gasteiger charge is -2.38. The molecule has 1 fully saturated rings. The number of aromatic nitrogens is 2. The molecule has 1 unspecified atom stereocenters. The Morgan fingerprint density at radius 3 is 2.84 bits per heavy atom. The van der Waals surface area contributed by atoms with Crippen LogP contribution in [0.2, 0.25) is 0 Å². The predicted octanol–water partition coefficient (Wildman–Crippen LogP) is 2.43. The van der Waals surface area contributed by atoms with Crippen molar-refractivity contribution in [3.05, 3.63) is 42.6 Å². The third-order valence-corrected chi connectivity index (χ3v) is 4.17. The zero-order valence-corrected chi connectivity index (χ0v) is 11.2. The van der Waals surface area contributed by atoms with E-state index in [1.165, 1.54) is 12.8 Å². The highest BCUT2D eigenvalue weighted by Crippen LogP contribution is 2.28. The maximum atomic E-state index is 4.18. The van der Waals surface area contributed by atoms with Gasteiger partial charge in [-0.3, -0.25) is 9.89 Å². The lowest BCUT2D eigenvalue weighted by atomic mass is 9.98. The molecule has 1 aliphatic carbocycles. The van der Waals surface area contributed by atoms with Crippen LogP contribution in [0.25, 0.3) is 0 Å². The molecule has 4 heteroatoms. The summed E-state index contributed by atoms with van der Waals surface area (Å²) in [5.74, 6) is 0. The summed E-state index contributed by atoms with van der Waals surface area (Å²) in [6, 6.07) is 1.02. The van der Waals surface area contributed by atoms with Crippen LogP contribution in [0.15, 0.2) is 47.6 Å². The molecule has 1 aromatic rings. The van der Waals surface area contributed by atoms with Crippen LogP contribution >= 0.6 is 0 Å². The SMILES string of the molecule is C=NC1=CC=CCC1N1CCC(n2ccnc2)CC1. The molecule has 0 aromatic carbocycles. The Morgan fingerprint density at radius 2 is 2.16 bits per heavy atom. The van der Waals surface area contributed by atoms with E-state index in [0.717, 1.165) is 25.2 Å². The summed E-state index contributed by atoms with van der Waals surface area (Å²) in [4.78, 5) is 10.9. The largest absolute Gasteiger partial charge is 0.334 e. The first-order valence-corrected chi connectivity index (χ1v) is 6.93. The van der Waals surface area contributed by atoms with Crippen molar-refractivity contribution in [2.75, 3.05) is 13.1 Å². The highest BCUT2D eigenvalue weighted by atomic mass is 15.2. The highest BCUT2D eigenvalue weighted by molar-refractivity contribution is 5.34. The summed E-state index contributed by atoms with van der Waals surface area (Å²) in [5.41, 5.74) is 1.11. The van der Waals surface area contributed by atoms with Gasteiger partial charge in [-0.2, -0.15) is 0 Å². The smallest absolute Gasteiger partial charge is 0.0948 e. The molecule has 4 nitrogen and oxygen atoms in total. The van der Waals surface area contributed by atoms with Gasteiger partial charge in [0, 0.05) is 31.5 Å². The summed E-state index contributed by atoms with van der Waals surface area (Å²) >= 11 is 0. The van der Waals surface area contributed by atoms with Gasteiger partial charge in [-0.1, -0.05) is 12.2 Å². The van der Waals surface area contributed by atoms with Crippen molar-refractivity contribution in [1.29, 1.82) is 0 Å². The van der Waals surface area contributed by atoms with Crippen molar-refractivity contribution < 1.29 is 0 Å². The fourth-order valence-electron chi connectivity index (χ4n) is 3.08. The molecular weight excluding hydrogens is 236 g/mol. The molecule has 1 aliphatic heterocycles. The van der Waals surface area contributed by atoms with E-state index in [4.69, 9.17) is 0 Å². The van der Waals surface area contributed by atoms with Gasteiger partial charge in [-0.15, -0.1) is 0 Å². The molecule has 0 bridgehead atoms. The molecule has 19 heavy (non-hydrogen) atoms. The number of allylic oxidation sites excluding steroid dienone is 2. The topological polar surface area (TPSA) is 33.4 Å². The Bertz CT molecular complexity index is 478. The van der Waals surface area contributed by atoms with Crippen LogP contribution in [0.5, 0.6) is 0 Å². The minimum atomic E-state index is 0.422. The van der Waals surface area contributed by atoms with E-state index >= 15 is 0 Å². The summed E-state index contributed by atoms with van der Waals surface area (Å²) < 4.78 is 2.24. The molecule has 1 atom stereocenters. The Hall–Kier alpha value is -1.68. The Morgan fingerprint density at radius 1 is 1.32 bits per heavy atom. The van der Waals surface area contributed by atoms with Crippen LogP contribution in [0.1, 0.15) is 25.3 Å². The van der Waals surface area contributed by atoms with Crippen LogP contribution in [0.4, 0.5) is 0 Å². The normalized spacial score (nSPS) is 25.3. The lowest BCUT2D eigenvalue weighted by Crippen LogP contribution is -2.42. The van der Waals surface area contributed by atoms with E-state index in [1.807, 2.05) is 12.5 Å². The molecule has 0 radical (unpaired) electrons. The average molecular weight is 256 g/mol. The van der Waals surface area contributed by atoms with Gasteiger partial charge in [-0.05, 0) is 32.1 Å². The van der Waals surface area contributed by atoms with Crippen molar-refractivity contribution in [2.24, 2.45) is 4.99 Å². The summed E-state index contributed by atoms with van der Waals surface area (Å²) in [6.45, 7) is 5.93. The van der Waals surface area contributed by atoms with Gasteiger partial charge in [0.15, 0.2) is 0 Å². The van der Waals surface area contributed by atoms with Crippen LogP contribution in [0, 0.1) is 0 Å². The molecule has 0 spiro atoms. The number of imidazole rings is 1. The standard InChI is InChI=1S/C15H20N4/c1-16-14-4-2-3-5-15(14)18-9-6-13(7-10-18)19-11-8-17-12-19/h2-4,8,11-13,15H,1,5-7,9-10H2. The monoisotopic (exact) mass is 256 g/mol. The molecule has 2 heterocycles.